The number of halogens is 1. The van der Waals surface area contributed by atoms with Gasteiger partial charge in [0.1, 0.15) is 11.6 Å². The Morgan fingerprint density at radius 2 is 2.14 bits per heavy atom. The van der Waals surface area contributed by atoms with Gasteiger partial charge in [0.15, 0.2) is 0 Å². The van der Waals surface area contributed by atoms with E-state index in [9.17, 15) is 14.3 Å². The number of carbonyl (C=O) groups excluding carboxylic acids is 1. The molecule has 2 heterocycles. The minimum Gasteiger partial charge on any atom is -0.550 e. The van der Waals surface area contributed by atoms with Crippen molar-refractivity contribution in [1.29, 1.82) is 0 Å². The van der Waals surface area contributed by atoms with Gasteiger partial charge in [0.05, 0.1) is 12.2 Å². The number of carboxylic acids is 1. The zero-order chi connectivity index (χ0) is 19.2. The van der Waals surface area contributed by atoms with E-state index in [2.05, 4.69) is 23.2 Å². The fourth-order valence-electron chi connectivity index (χ4n) is 3.43. The van der Waals surface area contributed by atoms with Crippen molar-refractivity contribution in [3.63, 3.8) is 0 Å². The predicted octanol–water partition coefficient (Wildman–Crippen LogP) is -0.318. The Labute approximate surface area is 187 Å². The van der Waals surface area contributed by atoms with Gasteiger partial charge in [0.25, 0.3) is 0 Å². The molecule has 0 amide bonds. The van der Waals surface area contributed by atoms with Crippen LogP contribution in [0.1, 0.15) is 43.0 Å². The number of aromatic nitrogens is 1. The van der Waals surface area contributed by atoms with E-state index in [1.807, 2.05) is 6.07 Å². The van der Waals surface area contributed by atoms with Crippen molar-refractivity contribution in [2.24, 2.45) is 0 Å². The first-order valence-electron chi connectivity index (χ1n) is 9.52. The summed E-state index contributed by atoms with van der Waals surface area (Å²) in [7, 11) is 0. The van der Waals surface area contributed by atoms with Gasteiger partial charge in [-0.15, -0.1) is 0 Å². The SMILES string of the molecule is CCCN1CCCc2ccc(CNc3ccc(CCC(=O)[O-])c(F)c3)nc21.[Na+]. The molecular weight excluding hydrogens is 368 g/mol. The summed E-state index contributed by atoms with van der Waals surface area (Å²) in [5.41, 5.74) is 3.24. The van der Waals surface area contributed by atoms with Crippen LogP contribution in [-0.4, -0.2) is 24.0 Å². The molecule has 1 N–H and O–H groups in total. The molecule has 0 radical (unpaired) electrons. The molecule has 3 rings (SSSR count). The molecule has 1 aliphatic heterocycles. The number of aliphatic carboxylic acids is 1. The van der Waals surface area contributed by atoms with Crippen LogP contribution in [0.3, 0.4) is 0 Å². The van der Waals surface area contributed by atoms with Crippen molar-refractivity contribution < 1.29 is 43.8 Å². The summed E-state index contributed by atoms with van der Waals surface area (Å²) >= 11 is 0. The first-order chi connectivity index (χ1) is 13.1. The molecule has 1 aliphatic rings. The van der Waals surface area contributed by atoms with E-state index in [1.54, 1.807) is 12.1 Å². The van der Waals surface area contributed by atoms with Crippen LogP contribution in [-0.2, 0) is 24.2 Å². The third-order valence-corrected chi connectivity index (χ3v) is 4.81. The zero-order valence-electron chi connectivity index (χ0n) is 16.6. The average Bonchev–Trinajstić information content (AvgIpc) is 2.66. The molecule has 0 bridgehead atoms. The number of benzene rings is 1. The second-order valence-corrected chi connectivity index (χ2v) is 6.91. The molecule has 0 aliphatic carbocycles. The van der Waals surface area contributed by atoms with E-state index < -0.39 is 11.8 Å². The number of carboxylic acid groups (broad SMARTS) is 1. The van der Waals surface area contributed by atoms with Gasteiger partial charge in [0, 0.05) is 24.7 Å². The molecule has 0 fully saturated rings. The second-order valence-electron chi connectivity index (χ2n) is 6.91. The maximum atomic E-state index is 14.1. The molecule has 0 atom stereocenters. The molecule has 0 spiro atoms. The second kappa shape index (κ2) is 10.8. The Balaban J connectivity index is 0.00000280. The third-order valence-electron chi connectivity index (χ3n) is 4.81. The van der Waals surface area contributed by atoms with E-state index in [0.29, 0.717) is 17.8 Å². The van der Waals surface area contributed by atoms with Crippen molar-refractivity contribution in [3.05, 3.63) is 53.0 Å². The molecule has 2 aromatic rings. The number of aryl methyl sites for hydroxylation is 2. The summed E-state index contributed by atoms with van der Waals surface area (Å²) in [6, 6.07) is 8.93. The molecule has 1 aromatic carbocycles. The molecule has 7 heteroatoms. The smallest absolute Gasteiger partial charge is 0.550 e. The van der Waals surface area contributed by atoms with Gasteiger partial charge in [-0.3, -0.25) is 0 Å². The van der Waals surface area contributed by atoms with Gasteiger partial charge < -0.3 is 20.1 Å². The minimum absolute atomic E-state index is 0. The van der Waals surface area contributed by atoms with Crippen molar-refractivity contribution in [3.8, 4) is 0 Å². The minimum atomic E-state index is -1.17. The van der Waals surface area contributed by atoms with Crippen LogP contribution in [0.2, 0.25) is 0 Å². The number of nitrogens with one attached hydrogen (secondary N) is 1. The molecule has 28 heavy (non-hydrogen) atoms. The van der Waals surface area contributed by atoms with Gasteiger partial charge in [-0.05, 0) is 61.4 Å². The number of anilines is 2. The molecular formula is C21H25FN3NaO2. The predicted molar refractivity (Wildman–Crippen MR) is 102 cm³/mol. The molecule has 144 valence electrons. The van der Waals surface area contributed by atoms with E-state index in [-0.39, 0.29) is 42.4 Å². The van der Waals surface area contributed by atoms with E-state index in [1.165, 1.54) is 11.6 Å². The average molecular weight is 393 g/mol. The van der Waals surface area contributed by atoms with Crippen LogP contribution in [0, 0.1) is 5.82 Å². The van der Waals surface area contributed by atoms with Crippen LogP contribution in [0.5, 0.6) is 0 Å². The van der Waals surface area contributed by atoms with Crippen LogP contribution >= 0.6 is 0 Å². The van der Waals surface area contributed by atoms with Gasteiger partial charge in [0.2, 0.25) is 0 Å². The van der Waals surface area contributed by atoms with Gasteiger partial charge in [-0.1, -0.05) is 19.1 Å². The Morgan fingerprint density at radius 3 is 2.86 bits per heavy atom. The van der Waals surface area contributed by atoms with Gasteiger partial charge >= 0.3 is 29.6 Å². The Kier molecular flexibility index (Phi) is 8.73. The number of hydrogen-bond donors (Lipinski definition) is 1. The van der Waals surface area contributed by atoms with Crippen molar-refractivity contribution >= 4 is 17.5 Å². The molecule has 0 saturated carbocycles. The topological polar surface area (TPSA) is 68.3 Å². The van der Waals surface area contributed by atoms with Crippen LogP contribution in [0.4, 0.5) is 15.9 Å². The van der Waals surface area contributed by atoms with Crippen molar-refractivity contribution in [2.45, 2.75) is 45.6 Å². The van der Waals surface area contributed by atoms with E-state index in [4.69, 9.17) is 4.98 Å². The van der Waals surface area contributed by atoms with E-state index in [0.717, 1.165) is 43.9 Å². The quantitative estimate of drug-likeness (QED) is 0.623. The Bertz CT molecular complexity index is 816. The van der Waals surface area contributed by atoms with Crippen LogP contribution < -0.4 is 44.9 Å². The van der Waals surface area contributed by atoms with Gasteiger partial charge in [-0.2, -0.15) is 0 Å². The summed E-state index contributed by atoms with van der Waals surface area (Å²) in [6.07, 6.45) is 3.27. The Morgan fingerprint density at radius 1 is 1.32 bits per heavy atom. The number of hydrogen-bond acceptors (Lipinski definition) is 5. The normalized spacial score (nSPS) is 12.9. The summed E-state index contributed by atoms with van der Waals surface area (Å²) in [6.45, 7) is 4.73. The summed E-state index contributed by atoms with van der Waals surface area (Å²) in [5.74, 6) is -0.507. The third kappa shape index (κ3) is 5.93. The zero-order valence-corrected chi connectivity index (χ0v) is 18.6. The molecule has 1 aromatic heterocycles. The number of fused-ring (bicyclic) bond motifs is 1. The van der Waals surface area contributed by atoms with Crippen LogP contribution in [0.15, 0.2) is 30.3 Å². The standard InChI is InChI=1S/C21H26FN3O2.Na/c1-2-11-25-12-3-4-16-6-9-18(24-21(16)25)14-23-17-8-5-15(19(22)13-17)7-10-20(26)27;/h5-6,8-9,13,23H,2-4,7,10-12,14H2,1H3,(H,26,27);/q;+1/p-1. The number of carbonyl (C=O) groups is 1. The first kappa shape index (κ1) is 22.7. The molecule has 0 saturated heterocycles. The van der Waals surface area contributed by atoms with Crippen molar-refractivity contribution in [2.75, 3.05) is 23.3 Å². The fraction of sp³-hybridized carbons (Fsp3) is 0.429. The first-order valence-corrected chi connectivity index (χ1v) is 9.52. The maximum absolute atomic E-state index is 14.1. The maximum Gasteiger partial charge on any atom is 1.00 e. The number of pyridine rings is 1. The van der Waals surface area contributed by atoms with Gasteiger partial charge in [-0.25, -0.2) is 9.37 Å². The molecule has 5 nitrogen and oxygen atoms in total. The van der Waals surface area contributed by atoms with E-state index >= 15 is 0 Å². The monoisotopic (exact) mass is 393 g/mol. The summed E-state index contributed by atoms with van der Waals surface area (Å²) < 4.78 is 14.1. The summed E-state index contributed by atoms with van der Waals surface area (Å²) in [4.78, 5) is 17.7. The summed E-state index contributed by atoms with van der Waals surface area (Å²) in [5, 5.41) is 13.7. The van der Waals surface area contributed by atoms with Crippen molar-refractivity contribution in [1.82, 2.24) is 4.98 Å². The Hall–Kier alpha value is -1.63. The molecule has 0 unspecified atom stereocenters. The number of rotatable bonds is 8. The fourth-order valence-corrected chi connectivity index (χ4v) is 3.43. The van der Waals surface area contributed by atoms with Crippen LogP contribution in [0.25, 0.3) is 0 Å². The largest absolute Gasteiger partial charge is 1.00 e. The number of nitrogens with zero attached hydrogens (tertiary/aromatic N) is 2.